The van der Waals surface area contributed by atoms with Crippen molar-refractivity contribution < 1.29 is 14.3 Å². The summed E-state index contributed by atoms with van der Waals surface area (Å²) in [6.45, 7) is 4.37. The summed E-state index contributed by atoms with van der Waals surface area (Å²) in [6, 6.07) is 15.2. The molecule has 5 nitrogen and oxygen atoms in total. The average Bonchev–Trinajstić information content (AvgIpc) is 2.57. The fourth-order valence-electron chi connectivity index (χ4n) is 2.89. The van der Waals surface area contributed by atoms with Crippen LogP contribution in [0.5, 0.6) is 5.75 Å². The molecule has 0 aliphatic carbocycles. The van der Waals surface area contributed by atoms with Crippen LogP contribution in [0.4, 0.5) is 4.79 Å². The molecule has 2 aromatic rings. The Labute approximate surface area is 140 Å². The lowest BCUT2D eigenvalue weighted by Crippen LogP contribution is -2.37. The fourth-order valence-corrected chi connectivity index (χ4v) is 2.89. The second-order valence-corrected chi connectivity index (χ2v) is 6.54. The Hall–Kier alpha value is -3.00. The SMILES string of the molecule is CC1(C)COc2cc(-c3ccc(C#N)cc3)ccc2C1OC(N)=O. The lowest BCUT2D eigenvalue weighted by atomic mass is 9.80. The van der Waals surface area contributed by atoms with Crippen LogP contribution < -0.4 is 10.5 Å². The van der Waals surface area contributed by atoms with Crippen molar-refractivity contribution in [2.75, 3.05) is 6.61 Å². The lowest BCUT2D eigenvalue weighted by Gasteiger charge is -2.38. The Morgan fingerprint density at radius 2 is 1.92 bits per heavy atom. The number of rotatable bonds is 2. The number of carbonyl (C=O) groups is 1. The second kappa shape index (κ2) is 5.89. The smallest absolute Gasteiger partial charge is 0.405 e. The van der Waals surface area contributed by atoms with Crippen LogP contribution >= 0.6 is 0 Å². The molecule has 5 heteroatoms. The zero-order valence-electron chi connectivity index (χ0n) is 13.6. The third kappa shape index (κ3) is 2.91. The lowest BCUT2D eigenvalue weighted by molar-refractivity contribution is -0.0176. The summed E-state index contributed by atoms with van der Waals surface area (Å²) >= 11 is 0. The predicted octanol–water partition coefficient (Wildman–Crippen LogP) is 3.78. The predicted molar refractivity (Wildman–Crippen MR) is 89.3 cm³/mol. The standard InChI is InChI=1S/C19H18N2O3/c1-19(2)11-23-16-9-14(13-5-3-12(10-20)4-6-13)7-8-15(16)17(19)24-18(21)22/h3-9,17H,11H2,1-2H3,(H2,21,22). The van der Waals surface area contributed by atoms with Crippen LogP contribution in [0.2, 0.25) is 0 Å². The number of benzene rings is 2. The molecule has 1 unspecified atom stereocenters. The first-order chi connectivity index (χ1) is 11.4. The molecule has 2 N–H and O–H groups in total. The van der Waals surface area contributed by atoms with E-state index < -0.39 is 12.2 Å². The highest BCUT2D eigenvalue weighted by Gasteiger charge is 2.40. The van der Waals surface area contributed by atoms with E-state index in [-0.39, 0.29) is 5.41 Å². The third-order valence-corrected chi connectivity index (χ3v) is 4.19. The summed E-state index contributed by atoms with van der Waals surface area (Å²) in [6.07, 6.45) is -1.24. The maximum Gasteiger partial charge on any atom is 0.405 e. The van der Waals surface area contributed by atoms with E-state index in [1.807, 2.05) is 44.2 Å². The van der Waals surface area contributed by atoms with Gasteiger partial charge in [-0.3, -0.25) is 0 Å². The molecule has 0 bridgehead atoms. The molecule has 24 heavy (non-hydrogen) atoms. The summed E-state index contributed by atoms with van der Waals surface area (Å²) in [5.41, 5.74) is 8.23. The van der Waals surface area contributed by atoms with E-state index >= 15 is 0 Å². The molecule has 0 saturated heterocycles. The van der Waals surface area contributed by atoms with Crippen molar-refractivity contribution in [3.63, 3.8) is 0 Å². The van der Waals surface area contributed by atoms with Crippen molar-refractivity contribution in [1.29, 1.82) is 5.26 Å². The summed E-state index contributed by atoms with van der Waals surface area (Å²) in [7, 11) is 0. The summed E-state index contributed by atoms with van der Waals surface area (Å²) < 4.78 is 11.2. The maximum absolute atomic E-state index is 11.2. The molecule has 1 heterocycles. The largest absolute Gasteiger partial charge is 0.492 e. The quantitative estimate of drug-likeness (QED) is 0.911. The number of nitriles is 1. The van der Waals surface area contributed by atoms with E-state index in [0.29, 0.717) is 17.9 Å². The van der Waals surface area contributed by atoms with Crippen molar-refractivity contribution in [3.05, 3.63) is 53.6 Å². The van der Waals surface area contributed by atoms with Gasteiger partial charge in [0.05, 0.1) is 18.2 Å². The zero-order chi connectivity index (χ0) is 17.3. The number of nitrogens with two attached hydrogens (primary N) is 1. The molecule has 1 aliphatic rings. The fraction of sp³-hybridized carbons (Fsp3) is 0.263. The third-order valence-electron chi connectivity index (χ3n) is 4.19. The van der Waals surface area contributed by atoms with Gasteiger partial charge in [0.15, 0.2) is 0 Å². The molecule has 1 atom stereocenters. The van der Waals surface area contributed by atoms with Crippen LogP contribution in [0.1, 0.15) is 31.1 Å². The minimum absolute atomic E-state index is 0.363. The molecule has 0 radical (unpaired) electrons. The van der Waals surface area contributed by atoms with E-state index in [1.165, 1.54) is 0 Å². The van der Waals surface area contributed by atoms with Gasteiger partial charge >= 0.3 is 6.09 Å². The molecular weight excluding hydrogens is 304 g/mol. The first kappa shape index (κ1) is 15.9. The van der Waals surface area contributed by atoms with Crippen molar-refractivity contribution in [2.24, 2.45) is 11.1 Å². The highest BCUT2D eigenvalue weighted by molar-refractivity contribution is 5.68. The second-order valence-electron chi connectivity index (χ2n) is 6.54. The van der Waals surface area contributed by atoms with Crippen molar-refractivity contribution >= 4 is 6.09 Å². The number of carbonyl (C=O) groups excluding carboxylic acids is 1. The van der Waals surface area contributed by atoms with Gasteiger partial charge in [-0.1, -0.05) is 38.1 Å². The molecule has 1 aliphatic heterocycles. The van der Waals surface area contributed by atoms with Crippen LogP contribution in [-0.2, 0) is 4.74 Å². The molecule has 0 saturated carbocycles. The van der Waals surface area contributed by atoms with Gasteiger partial charge in [0.25, 0.3) is 0 Å². The maximum atomic E-state index is 11.2. The molecule has 2 aromatic carbocycles. The van der Waals surface area contributed by atoms with Gasteiger partial charge in [0.1, 0.15) is 11.9 Å². The summed E-state index contributed by atoms with van der Waals surface area (Å²) in [5, 5.41) is 8.89. The van der Waals surface area contributed by atoms with Gasteiger partial charge < -0.3 is 15.2 Å². The number of nitrogens with zero attached hydrogens (tertiary/aromatic N) is 1. The van der Waals surface area contributed by atoms with Crippen molar-refractivity contribution in [2.45, 2.75) is 20.0 Å². The van der Waals surface area contributed by atoms with Crippen LogP contribution in [0.3, 0.4) is 0 Å². The minimum Gasteiger partial charge on any atom is -0.492 e. The first-order valence-corrected chi connectivity index (χ1v) is 7.64. The Morgan fingerprint density at radius 1 is 1.25 bits per heavy atom. The van der Waals surface area contributed by atoms with E-state index in [9.17, 15) is 4.79 Å². The minimum atomic E-state index is -0.794. The topological polar surface area (TPSA) is 85.3 Å². The van der Waals surface area contributed by atoms with Gasteiger partial charge in [-0.05, 0) is 29.3 Å². The number of amides is 1. The van der Waals surface area contributed by atoms with Gasteiger partial charge in [-0.15, -0.1) is 0 Å². The monoisotopic (exact) mass is 322 g/mol. The summed E-state index contributed by atoms with van der Waals surface area (Å²) in [4.78, 5) is 11.2. The molecule has 122 valence electrons. The van der Waals surface area contributed by atoms with Gasteiger partial charge in [0.2, 0.25) is 0 Å². The molecule has 1 amide bonds. The molecule has 0 aromatic heterocycles. The first-order valence-electron chi connectivity index (χ1n) is 7.64. The van der Waals surface area contributed by atoms with Crippen LogP contribution in [0, 0.1) is 16.7 Å². The number of ether oxygens (including phenoxy) is 2. The Balaban J connectivity index is 1.99. The average molecular weight is 322 g/mol. The normalized spacial score (nSPS) is 18.0. The van der Waals surface area contributed by atoms with Crippen LogP contribution in [0.15, 0.2) is 42.5 Å². The Morgan fingerprint density at radius 3 is 2.54 bits per heavy atom. The molecule has 3 rings (SSSR count). The zero-order valence-corrected chi connectivity index (χ0v) is 13.6. The molecule has 0 spiro atoms. The van der Waals surface area contributed by atoms with E-state index in [4.69, 9.17) is 20.5 Å². The van der Waals surface area contributed by atoms with E-state index in [1.54, 1.807) is 12.1 Å². The van der Waals surface area contributed by atoms with Gasteiger partial charge in [-0.25, -0.2) is 4.79 Å². The number of primary amides is 1. The highest BCUT2D eigenvalue weighted by atomic mass is 16.6. The van der Waals surface area contributed by atoms with Crippen LogP contribution in [0.25, 0.3) is 11.1 Å². The van der Waals surface area contributed by atoms with Crippen molar-refractivity contribution in [1.82, 2.24) is 0 Å². The summed E-state index contributed by atoms with van der Waals surface area (Å²) in [5.74, 6) is 0.683. The van der Waals surface area contributed by atoms with Gasteiger partial charge in [-0.2, -0.15) is 5.26 Å². The number of hydrogen-bond donors (Lipinski definition) is 1. The van der Waals surface area contributed by atoms with Gasteiger partial charge in [0, 0.05) is 11.0 Å². The Kier molecular flexibility index (Phi) is 3.90. The molecule has 0 fully saturated rings. The Bertz CT molecular complexity index is 819. The number of fused-ring (bicyclic) bond motifs is 1. The number of hydrogen-bond acceptors (Lipinski definition) is 4. The van der Waals surface area contributed by atoms with E-state index in [2.05, 4.69) is 6.07 Å². The highest BCUT2D eigenvalue weighted by Crippen LogP contribution is 2.46. The molecular formula is C19H18N2O3. The van der Waals surface area contributed by atoms with Crippen molar-refractivity contribution in [3.8, 4) is 22.9 Å². The van der Waals surface area contributed by atoms with E-state index in [0.717, 1.165) is 16.7 Å². The van der Waals surface area contributed by atoms with Crippen LogP contribution in [-0.4, -0.2) is 12.7 Å².